The molecular weight excluding hydrogens is 236 g/mol. The van der Waals surface area contributed by atoms with Gasteiger partial charge in [0.15, 0.2) is 4.96 Å². The lowest BCUT2D eigenvalue weighted by molar-refractivity contribution is 0.0802. The Morgan fingerprint density at radius 2 is 2.59 bits per heavy atom. The monoisotopic (exact) mass is 252 g/mol. The molecule has 1 aliphatic heterocycles. The number of thiazole rings is 1. The van der Waals surface area contributed by atoms with Crippen LogP contribution in [0, 0.1) is 5.92 Å². The van der Waals surface area contributed by atoms with Crippen LogP contribution in [0.25, 0.3) is 4.96 Å². The molecule has 2 aromatic rings. The zero-order valence-corrected chi connectivity index (χ0v) is 10.6. The average Bonchev–Trinajstić information content (AvgIpc) is 2.92. The summed E-state index contributed by atoms with van der Waals surface area (Å²) >= 11 is 1.61. The van der Waals surface area contributed by atoms with E-state index in [2.05, 4.69) is 11.9 Å². The molecule has 4 nitrogen and oxygen atoms in total. The number of nitrogens with zero attached hydrogens (tertiary/aromatic N) is 2. The van der Waals surface area contributed by atoms with E-state index in [-0.39, 0.29) is 18.1 Å². The number of fused-ring (bicyclic) bond motifs is 1. The van der Waals surface area contributed by atoms with Crippen LogP contribution in [0.2, 0.25) is 0 Å². The molecule has 0 saturated carbocycles. The zero-order chi connectivity index (χ0) is 11.8. The molecule has 92 valence electrons. The van der Waals surface area contributed by atoms with Crippen LogP contribution in [-0.2, 0) is 11.2 Å². The Bertz CT molecular complexity index is 479. The lowest BCUT2D eigenvalue weighted by Crippen LogP contribution is -2.23. The number of aliphatic hydroxyl groups is 1. The summed E-state index contributed by atoms with van der Waals surface area (Å²) in [5.74, 6) is 0.254. The molecule has 0 spiro atoms. The van der Waals surface area contributed by atoms with Crippen LogP contribution in [0.4, 0.5) is 0 Å². The number of hydrogen-bond acceptors (Lipinski definition) is 4. The van der Waals surface area contributed by atoms with Gasteiger partial charge in [-0.25, -0.2) is 4.98 Å². The number of hydrogen-bond donors (Lipinski definition) is 1. The van der Waals surface area contributed by atoms with Crippen LogP contribution in [0.15, 0.2) is 17.8 Å². The molecule has 1 fully saturated rings. The SMILES string of the molecule is CC1CC(C(O)Cc2cn3ccsc3n2)CO1. The van der Waals surface area contributed by atoms with Crippen LogP contribution in [0.5, 0.6) is 0 Å². The van der Waals surface area contributed by atoms with E-state index in [9.17, 15) is 5.11 Å². The molecule has 0 bridgehead atoms. The standard InChI is InChI=1S/C12H16N2O2S/c1-8-4-9(7-16-8)11(15)5-10-6-14-2-3-17-12(14)13-10/h2-3,6,8-9,11,15H,4-5,7H2,1H3. The molecule has 1 aliphatic rings. The lowest BCUT2D eigenvalue weighted by Gasteiger charge is -2.14. The molecule has 3 unspecified atom stereocenters. The van der Waals surface area contributed by atoms with Crippen LogP contribution >= 0.6 is 11.3 Å². The first kappa shape index (κ1) is 11.2. The normalized spacial score (nSPS) is 26.7. The highest BCUT2D eigenvalue weighted by Gasteiger charge is 2.28. The highest BCUT2D eigenvalue weighted by molar-refractivity contribution is 7.15. The van der Waals surface area contributed by atoms with E-state index in [4.69, 9.17) is 4.74 Å². The number of imidazole rings is 1. The van der Waals surface area contributed by atoms with Gasteiger partial charge in [-0.15, -0.1) is 11.3 Å². The van der Waals surface area contributed by atoms with E-state index in [1.807, 2.05) is 22.2 Å². The minimum Gasteiger partial charge on any atom is -0.392 e. The molecule has 5 heteroatoms. The fourth-order valence-electron chi connectivity index (χ4n) is 2.37. The number of aliphatic hydroxyl groups excluding tert-OH is 1. The zero-order valence-electron chi connectivity index (χ0n) is 9.74. The van der Waals surface area contributed by atoms with Crippen molar-refractivity contribution in [1.29, 1.82) is 0 Å². The van der Waals surface area contributed by atoms with Crippen molar-refractivity contribution >= 4 is 16.3 Å². The quantitative estimate of drug-likeness (QED) is 0.905. The van der Waals surface area contributed by atoms with Crippen molar-refractivity contribution in [1.82, 2.24) is 9.38 Å². The van der Waals surface area contributed by atoms with Crippen LogP contribution in [0.3, 0.4) is 0 Å². The number of ether oxygens (including phenoxy) is 1. The topological polar surface area (TPSA) is 46.8 Å². The molecule has 0 radical (unpaired) electrons. The molecule has 0 aliphatic carbocycles. The second kappa shape index (κ2) is 4.40. The van der Waals surface area contributed by atoms with Gasteiger partial charge in [-0.05, 0) is 13.3 Å². The highest BCUT2D eigenvalue weighted by Crippen LogP contribution is 2.24. The van der Waals surface area contributed by atoms with Gasteiger partial charge < -0.3 is 9.84 Å². The van der Waals surface area contributed by atoms with Crippen molar-refractivity contribution < 1.29 is 9.84 Å². The summed E-state index contributed by atoms with van der Waals surface area (Å²) in [6.07, 6.45) is 5.49. The summed E-state index contributed by atoms with van der Waals surface area (Å²) in [5, 5.41) is 12.2. The van der Waals surface area contributed by atoms with Gasteiger partial charge in [-0.1, -0.05) is 0 Å². The Balaban J connectivity index is 1.68. The van der Waals surface area contributed by atoms with Crippen LogP contribution in [0.1, 0.15) is 19.0 Å². The van der Waals surface area contributed by atoms with E-state index >= 15 is 0 Å². The molecule has 0 aromatic carbocycles. The fourth-order valence-corrected chi connectivity index (χ4v) is 3.09. The maximum atomic E-state index is 10.2. The minimum atomic E-state index is -0.343. The second-order valence-corrected chi connectivity index (χ2v) is 5.61. The Morgan fingerprint density at radius 1 is 1.71 bits per heavy atom. The molecule has 1 N–H and O–H groups in total. The van der Waals surface area contributed by atoms with Gasteiger partial charge in [0, 0.05) is 30.1 Å². The summed E-state index contributed by atoms with van der Waals surface area (Å²) in [6, 6.07) is 0. The van der Waals surface area contributed by atoms with Gasteiger partial charge in [0.2, 0.25) is 0 Å². The predicted molar refractivity (Wildman–Crippen MR) is 66.3 cm³/mol. The third kappa shape index (κ3) is 2.22. The molecular formula is C12H16N2O2S. The molecule has 3 atom stereocenters. The Morgan fingerprint density at radius 3 is 3.29 bits per heavy atom. The first-order chi connectivity index (χ1) is 8.22. The van der Waals surface area contributed by atoms with Crippen molar-refractivity contribution in [3.63, 3.8) is 0 Å². The largest absolute Gasteiger partial charge is 0.392 e. The molecule has 17 heavy (non-hydrogen) atoms. The van der Waals surface area contributed by atoms with Gasteiger partial charge in [-0.3, -0.25) is 4.40 Å². The van der Waals surface area contributed by atoms with Crippen molar-refractivity contribution in [3.8, 4) is 0 Å². The van der Waals surface area contributed by atoms with E-state index in [1.54, 1.807) is 11.3 Å². The van der Waals surface area contributed by atoms with Crippen molar-refractivity contribution in [3.05, 3.63) is 23.5 Å². The second-order valence-electron chi connectivity index (χ2n) is 4.74. The first-order valence-electron chi connectivity index (χ1n) is 5.93. The van der Waals surface area contributed by atoms with Crippen LogP contribution in [-0.4, -0.2) is 33.3 Å². The Kier molecular flexibility index (Phi) is 2.90. The smallest absolute Gasteiger partial charge is 0.193 e. The predicted octanol–water partition coefficient (Wildman–Crippen LogP) is 1.72. The summed E-state index contributed by atoms with van der Waals surface area (Å²) in [5.41, 5.74) is 0.962. The summed E-state index contributed by atoms with van der Waals surface area (Å²) in [7, 11) is 0. The average molecular weight is 252 g/mol. The Hall–Kier alpha value is -0.910. The van der Waals surface area contributed by atoms with E-state index < -0.39 is 0 Å². The number of rotatable bonds is 3. The molecule has 3 rings (SSSR count). The Labute approximate surface area is 104 Å². The van der Waals surface area contributed by atoms with Crippen LogP contribution < -0.4 is 0 Å². The number of aromatic nitrogens is 2. The summed E-state index contributed by atoms with van der Waals surface area (Å²) in [6.45, 7) is 2.73. The van der Waals surface area contributed by atoms with E-state index in [0.29, 0.717) is 13.0 Å². The van der Waals surface area contributed by atoms with E-state index in [1.165, 1.54) is 0 Å². The molecule has 1 saturated heterocycles. The van der Waals surface area contributed by atoms with Gasteiger partial charge >= 0.3 is 0 Å². The summed E-state index contributed by atoms with van der Waals surface area (Å²) < 4.78 is 7.49. The maximum absolute atomic E-state index is 10.2. The van der Waals surface area contributed by atoms with Gasteiger partial charge in [0.05, 0.1) is 24.5 Å². The van der Waals surface area contributed by atoms with Crippen molar-refractivity contribution in [2.45, 2.75) is 32.0 Å². The maximum Gasteiger partial charge on any atom is 0.193 e. The van der Waals surface area contributed by atoms with E-state index in [0.717, 1.165) is 17.1 Å². The van der Waals surface area contributed by atoms with Gasteiger partial charge in [0.1, 0.15) is 0 Å². The molecule has 3 heterocycles. The molecule has 2 aromatic heterocycles. The lowest BCUT2D eigenvalue weighted by atomic mass is 9.96. The van der Waals surface area contributed by atoms with Gasteiger partial charge in [-0.2, -0.15) is 0 Å². The van der Waals surface area contributed by atoms with Gasteiger partial charge in [0.25, 0.3) is 0 Å². The highest BCUT2D eigenvalue weighted by atomic mass is 32.1. The summed E-state index contributed by atoms with van der Waals surface area (Å²) in [4.78, 5) is 5.47. The molecule has 0 amide bonds. The third-order valence-electron chi connectivity index (χ3n) is 3.34. The van der Waals surface area contributed by atoms with Crippen molar-refractivity contribution in [2.75, 3.05) is 6.61 Å². The minimum absolute atomic E-state index is 0.254. The first-order valence-corrected chi connectivity index (χ1v) is 6.81. The third-order valence-corrected chi connectivity index (χ3v) is 4.11. The fraction of sp³-hybridized carbons (Fsp3) is 0.583. The van der Waals surface area contributed by atoms with Crippen molar-refractivity contribution in [2.24, 2.45) is 5.92 Å².